The zero-order valence-corrected chi connectivity index (χ0v) is 48.4. The zero-order valence-electron chi connectivity index (χ0n) is 48.4. The second-order valence-corrected chi connectivity index (χ2v) is 23.6. The van der Waals surface area contributed by atoms with E-state index in [-0.39, 0.29) is 0 Å². The van der Waals surface area contributed by atoms with Crippen LogP contribution in [0.3, 0.4) is 0 Å². The van der Waals surface area contributed by atoms with Crippen LogP contribution < -0.4 is 0 Å². The lowest BCUT2D eigenvalue weighted by molar-refractivity contribution is 0.963. The van der Waals surface area contributed by atoms with Crippen LogP contribution in [0.4, 0.5) is 5.69 Å². The molecule has 0 saturated carbocycles. The first kappa shape index (κ1) is 49.9. The molecule has 8 nitrogen and oxygen atoms in total. The SMILES string of the molecule is [C-]#[N+]c1c(C2c3ccccc3-c3ccccc32)c(-n2c3ccc(-c4ccccc4)cc3n3c4cc(-c5ccccc5)ccc4nc23)cc(-n2c3ccccc3c3ccccc32)c1-n1c2ccc(-c3ccccc3)cc2n2c3cc(-c4ccccc4)ccc3nc12. The molecule has 0 amide bonds. The maximum absolute atomic E-state index is 10.2. The Morgan fingerprint density at radius 3 is 1.16 bits per heavy atom. The first-order valence-corrected chi connectivity index (χ1v) is 30.5. The number of hydrogen-bond donors (Lipinski definition) is 0. The van der Waals surface area contributed by atoms with Crippen LogP contribution in [0.15, 0.2) is 297 Å². The molecular formula is C82H50N8. The minimum atomic E-state index is -0.396. The summed E-state index contributed by atoms with van der Waals surface area (Å²) in [6.07, 6.45) is 0. The summed E-state index contributed by atoms with van der Waals surface area (Å²) < 4.78 is 11.8. The Balaban J connectivity index is 1.02. The molecule has 0 spiro atoms. The number of benzene rings is 13. The lowest BCUT2D eigenvalue weighted by atomic mass is 9.85. The topological polar surface area (TPSA) is 53.8 Å². The molecule has 5 heterocycles. The number of para-hydroxylation sites is 2. The summed E-state index contributed by atoms with van der Waals surface area (Å²) in [5.41, 5.74) is 26.7. The van der Waals surface area contributed by atoms with Crippen molar-refractivity contribution in [2.24, 2.45) is 0 Å². The fraction of sp³-hybridized carbons (Fsp3) is 0.0122. The lowest BCUT2D eigenvalue weighted by Gasteiger charge is -2.27. The summed E-state index contributed by atoms with van der Waals surface area (Å²) in [6, 6.07) is 107. The standard InChI is InChI=1S/C82H50N8/c1-83-79-78(77-63-34-16-14-30-59(63)60-31-15-17-35-64(60)77)75(87-69-44-40-57(53-26-10-4-11-27-53)48-73(69)88-71-46-55(51-22-6-2-7-23-51)38-42-65(71)84-81(87)88)50-76(86-67-36-20-18-32-61(67)62-33-19-21-37-68(62)86)80(79)90-70-45-41-58(54-28-12-5-13-29-54)49-74(70)89-72-47-56(52-24-8-3-9-25-52)39-43-66(72)85-82(89)90/h2-50,77H. The molecule has 0 fully saturated rings. The second kappa shape index (κ2) is 19.3. The summed E-state index contributed by atoms with van der Waals surface area (Å²) in [4.78, 5) is 16.5. The normalized spacial score (nSPS) is 12.4. The van der Waals surface area contributed by atoms with E-state index in [1.807, 2.05) is 0 Å². The van der Waals surface area contributed by atoms with Crippen LogP contribution in [0.1, 0.15) is 22.6 Å². The van der Waals surface area contributed by atoms with Gasteiger partial charge in [0.2, 0.25) is 17.2 Å². The van der Waals surface area contributed by atoms with E-state index in [2.05, 4.69) is 320 Å². The van der Waals surface area contributed by atoms with Crippen molar-refractivity contribution in [1.82, 2.24) is 32.5 Å². The van der Waals surface area contributed by atoms with E-state index in [9.17, 15) is 6.57 Å². The van der Waals surface area contributed by atoms with Crippen molar-refractivity contribution in [3.8, 4) is 72.7 Å². The van der Waals surface area contributed by atoms with Gasteiger partial charge in [0.15, 0.2) is 0 Å². The number of hydrogen-bond acceptors (Lipinski definition) is 2. The molecule has 1 aliphatic rings. The average Bonchev–Trinajstić information content (AvgIpc) is 1.98. The first-order valence-electron chi connectivity index (χ1n) is 30.5. The molecule has 8 heteroatoms. The molecule has 90 heavy (non-hydrogen) atoms. The highest BCUT2D eigenvalue weighted by atomic mass is 15.2. The molecule has 0 saturated heterocycles. The van der Waals surface area contributed by atoms with Crippen LogP contribution >= 0.6 is 0 Å². The Kier molecular flexibility index (Phi) is 10.7. The van der Waals surface area contributed by atoms with Crippen molar-refractivity contribution >= 4 is 83.2 Å². The fourth-order valence-electron chi connectivity index (χ4n) is 14.9. The molecule has 0 bridgehead atoms. The maximum Gasteiger partial charge on any atom is 0.220 e. The van der Waals surface area contributed by atoms with Crippen molar-refractivity contribution in [3.63, 3.8) is 0 Å². The molecule has 0 radical (unpaired) electrons. The second-order valence-electron chi connectivity index (χ2n) is 23.6. The van der Waals surface area contributed by atoms with Crippen molar-refractivity contribution in [3.05, 3.63) is 325 Å². The van der Waals surface area contributed by atoms with E-state index in [0.717, 1.165) is 161 Å². The van der Waals surface area contributed by atoms with Gasteiger partial charge in [0.1, 0.15) is 0 Å². The number of nitrogens with zero attached hydrogens (tertiary/aromatic N) is 8. The third-order valence-electron chi connectivity index (χ3n) is 18.8. The van der Waals surface area contributed by atoms with Crippen LogP contribution in [0.5, 0.6) is 0 Å². The molecule has 13 aromatic carbocycles. The van der Waals surface area contributed by atoms with Gasteiger partial charge in [0.05, 0.1) is 73.1 Å². The van der Waals surface area contributed by atoms with Gasteiger partial charge >= 0.3 is 0 Å². The molecule has 0 N–H and O–H groups in total. The van der Waals surface area contributed by atoms with Gasteiger partial charge in [0.25, 0.3) is 0 Å². The monoisotopic (exact) mass is 1150 g/mol. The van der Waals surface area contributed by atoms with E-state index < -0.39 is 5.92 Å². The van der Waals surface area contributed by atoms with Gasteiger partial charge in [-0.3, -0.25) is 17.9 Å². The van der Waals surface area contributed by atoms with Crippen molar-refractivity contribution in [1.29, 1.82) is 0 Å². The summed E-state index contributed by atoms with van der Waals surface area (Å²) in [5, 5.41) is 2.22. The van der Waals surface area contributed by atoms with E-state index in [0.29, 0.717) is 11.5 Å². The molecule has 418 valence electrons. The lowest BCUT2D eigenvalue weighted by Crippen LogP contribution is -2.13. The summed E-state index contributed by atoms with van der Waals surface area (Å²) in [5.74, 6) is 1.04. The average molecular weight is 1150 g/mol. The molecule has 1 aliphatic carbocycles. The van der Waals surface area contributed by atoms with Crippen molar-refractivity contribution < 1.29 is 0 Å². The van der Waals surface area contributed by atoms with Gasteiger partial charge in [-0.25, -0.2) is 14.8 Å². The quantitative estimate of drug-likeness (QED) is 0.142. The van der Waals surface area contributed by atoms with Gasteiger partial charge in [-0.1, -0.05) is 231 Å². The number of rotatable bonds is 8. The minimum Gasteiger partial charge on any atom is -0.308 e. The molecule has 0 atom stereocenters. The van der Waals surface area contributed by atoms with Gasteiger partial charge < -0.3 is 4.57 Å². The Morgan fingerprint density at radius 2 is 0.689 bits per heavy atom. The maximum atomic E-state index is 10.2. The molecule has 5 aromatic heterocycles. The van der Waals surface area contributed by atoms with Gasteiger partial charge in [0, 0.05) is 22.4 Å². The van der Waals surface area contributed by atoms with Crippen LogP contribution in [0, 0.1) is 6.57 Å². The number of fused-ring (bicyclic) bond motifs is 16. The van der Waals surface area contributed by atoms with Crippen molar-refractivity contribution in [2.75, 3.05) is 0 Å². The molecule has 19 rings (SSSR count). The summed E-state index contributed by atoms with van der Waals surface area (Å²) in [6.45, 7) is 10.2. The Hall–Kier alpha value is -12.3. The van der Waals surface area contributed by atoms with Gasteiger partial charge in [-0.05, 0) is 139 Å². The fourth-order valence-corrected chi connectivity index (χ4v) is 14.9. The van der Waals surface area contributed by atoms with E-state index in [4.69, 9.17) is 14.8 Å². The van der Waals surface area contributed by atoms with E-state index in [1.165, 1.54) is 0 Å². The number of imidazole rings is 4. The first-order chi connectivity index (χ1) is 44.6. The van der Waals surface area contributed by atoms with Crippen LogP contribution in [0.2, 0.25) is 0 Å². The summed E-state index contributed by atoms with van der Waals surface area (Å²) >= 11 is 0. The third kappa shape index (κ3) is 7.23. The minimum absolute atomic E-state index is 0.396. The van der Waals surface area contributed by atoms with Gasteiger partial charge in [-0.2, -0.15) is 0 Å². The molecule has 0 aliphatic heterocycles. The van der Waals surface area contributed by atoms with Crippen LogP contribution in [-0.4, -0.2) is 32.5 Å². The Labute approximate surface area is 516 Å². The number of aromatic nitrogens is 7. The molecule has 0 unspecified atom stereocenters. The predicted molar refractivity (Wildman–Crippen MR) is 368 cm³/mol. The highest BCUT2D eigenvalue weighted by Gasteiger charge is 2.38. The van der Waals surface area contributed by atoms with E-state index in [1.54, 1.807) is 0 Å². The van der Waals surface area contributed by atoms with Crippen LogP contribution in [0.25, 0.3) is 155 Å². The zero-order chi connectivity index (χ0) is 59.1. The molecular weight excluding hydrogens is 1100 g/mol. The Bertz CT molecular complexity index is 5940. The highest BCUT2D eigenvalue weighted by molar-refractivity contribution is 6.11. The molecule has 18 aromatic rings. The predicted octanol–water partition coefficient (Wildman–Crippen LogP) is 20.7. The van der Waals surface area contributed by atoms with E-state index >= 15 is 0 Å². The highest BCUT2D eigenvalue weighted by Crippen LogP contribution is 2.56. The van der Waals surface area contributed by atoms with Crippen LogP contribution in [-0.2, 0) is 0 Å². The summed E-state index contributed by atoms with van der Waals surface area (Å²) in [7, 11) is 0. The largest absolute Gasteiger partial charge is 0.308 e. The Morgan fingerprint density at radius 1 is 0.300 bits per heavy atom. The van der Waals surface area contributed by atoms with Gasteiger partial charge in [-0.15, -0.1) is 0 Å². The third-order valence-corrected chi connectivity index (χ3v) is 18.8. The smallest absolute Gasteiger partial charge is 0.220 e. The van der Waals surface area contributed by atoms with Crippen molar-refractivity contribution in [2.45, 2.75) is 5.92 Å².